The monoisotopic (exact) mass is 251 g/mol. The first-order valence-electron chi connectivity index (χ1n) is 5.31. The largest absolute Gasteiger partial charge is 0.465 e. The first kappa shape index (κ1) is 11.8. The highest BCUT2D eigenvalue weighted by atomic mass is 32.1. The molecule has 0 aromatic carbocycles. The second kappa shape index (κ2) is 5.09. The van der Waals surface area contributed by atoms with E-state index in [1.165, 1.54) is 11.2 Å². The number of rotatable bonds is 4. The molecule has 6 heteroatoms. The molecule has 0 spiro atoms. The van der Waals surface area contributed by atoms with Gasteiger partial charge in [-0.25, -0.2) is 9.97 Å². The van der Waals surface area contributed by atoms with Crippen LogP contribution in [0.2, 0.25) is 0 Å². The molecule has 0 aliphatic carbocycles. The fraction of sp³-hybridized carbons (Fsp3) is 0.364. The van der Waals surface area contributed by atoms with Gasteiger partial charge in [0.25, 0.3) is 0 Å². The number of hydrogen-bond donors (Lipinski definition) is 1. The van der Waals surface area contributed by atoms with E-state index in [0.717, 1.165) is 10.2 Å². The molecule has 0 unspecified atom stereocenters. The van der Waals surface area contributed by atoms with Gasteiger partial charge in [0.05, 0.1) is 12.0 Å². The summed E-state index contributed by atoms with van der Waals surface area (Å²) in [6.45, 7) is 4.30. The molecule has 17 heavy (non-hydrogen) atoms. The summed E-state index contributed by atoms with van der Waals surface area (Å²) in [4.78, 5) is 21.6. The van der Waals surface area contributed by atoms with Crippen molar-refractivity contribution in [3.8, 4) is 0 Å². The molecule has 2 heterocycles. The van der Waals surface area contributed by atoms with Gasteiger partial charge in [0.2, 0.25) is 0 Å². The Hall–Kier alpha value is -1.69. The van der Waals surface area contributed by atoms with E-state index in [1.54, 1.807) is 18.3 Å². The number of carbonyl (C=O) groups excluding carboxylic acids is 1. The Morgan fingerprint density at radius 1 is 1.53 bits per heavy atom. The van der Waals surface area contributed by atoms with Crippen LogP contribution in [0.3, 0.4) is 0 Å². The van der Waals surface area contributed by atoms with Crippen molar-refractivity contribution in [2.24, 2.45) is 0 Å². The zero-order valence-corrected chi connectivity index (χ0v) is 10.5. The standard InChI is InChI=1S/C11H13N3O2S/c1-3-16-9(15)5-12-10-8-4-7(2)17-11(8)14-6-13-10/h4,6H,3,5H2,1-2H3,(H,12,13,14). The molecule has 0 bridgehead atoms. The van der Waals surface area contributed by atoms with Gasteiger partial charge in [0.1, 0.15) is 23.5 Å². The van der Waals surface area contributed by atoms with Crippen molar-refractivity contribution in [3.05, 3.63) is 17.3 Å². The highest BCUT2D eigenvalue weighted by Gasteiger charge is 2.08. The number of aromatic nitrogens is 2. The van der Waals surface area contributed by atoms with Crippen molar-refractivity contribution in [1.82, 2.24) is 9.97 Å². The van der Waals surface area contributed by atoms with E-state index in [2.05, 4.69) is 15.3 Å². The Kier molecular flexibility index (Phi) is 3.53. The van der Waals surface area contributed by atoms with Gasteiger partial charge in [-0.1, -0.05) is 0 Å². The molecule has 1 N–H and O–H groups in total. The zero-order chi connectivity index (χ0) is 12.3. The molecule has 0 saturated heterocycles. The minimum absolute atomic E-state index is 0.120. The number of ether oxygens (including phenoxy) is 1. The molecule has 2 rings (SSSR count). The number of thiophene rings is 1. The minimum Gasteiger partial charge on any atom is -0.465 e. The first-order valence-corrected chi connectivity index (χ1v) is 6.13. The van der Waals surface area contributed by atoms with Crippen LogP contribution in [-0.2, 0) is 9.53 Å². The van der Waals surface area contributed by atoms with E-state index in [0.29, 0.717) is 12.4 Å². The summed E-state index contributed by atoms with van der Waals surface area (Å²) < 4.78 is 4.84. The second-order valence-electron chi connectivity index (χ2n) is 3.46. The van der Waals surface area contributed by atoms with Crippen LogP contribution < -0.4 is 5.32 Å². The highest BCUT2D eigenvalue weighted by Crippen LogP contribution is 2.27. The van der Waals surface area contributed by atoms with Crippen molar-refractivity contribution >= 4 is 33.3 Å². The van der Waals surface area contributed by atoms with Crippen molar-refractivity contribution in [2.45, 2.75) is 13.8 Å². The maximum absolute atomic E-state index is 11.2. The average molecular weight is 251 g/mol. The lowest BCUT2D eigenvalue weighted by atomic mass is 10.3. The molecule has 0 saturated carbocycles. The molecule has 2 aromatic heterocycles. The lowest BCUT2D eigenvalue weighted by molar-refractivity contribution is -0.140. The van der Waals surface area contributed by atoms with Crippen LogP contribution in [0.5, 0.6) is 0 Å². The summed E-state index contributed by atoms with van der Waals surface area (Å²) in [5, 5.41) is 3.91. The lowest BCUT2D eigenvalue weighted by Crippen LogP contribution is -2.17. The number of aryl methyl sites for hydroxylation is 1. The Morgan fingerprint density at radius 2 is 2.35 bits per heavy atom. The average Bonchev–Trinajstić information content (AvgIpc) is 2.67. The van der Waals surface area contributed by atoms with Crippen LogP contribution in [0.4, 0.5) is 5.82 Å². The summed E-state index contributed by atoms with van der Waals surface area (Å²) >= 11 is 1.60. The number of anilines is 1. The Morgan fingerprint density at radius 3 is 3.12 bits per heavy atom. The molecule has 0 atom stereocenters. The molecule has 5 nitrogen and oxygen atoms in total. The maximum atomic E-state index is 11.2. The predicted octanol–water partition coefficient (Wildman–Crippen LogP) is 1.97. The number of nitrogens with one attached hydrogen (secondary N) is 1. The third-order valence-corrected chi connectivity index (χ3v) is 3.12. The molecule has 90 valence electrons. The predicted molar refractivity (Wildman–Crippen MR) is 67.3 cm³/mol. The van der Waals surface area contributed by atoms with Gasteiger partial charge in [-0.15, -0.1) is 11.3 Å². The molecule has 0 amide bonds. The number of fused-ring (bicyclic) bond motifs is 1. The van der Waals surface area contributed by atoms with Crippen molar-refractivity contribution in [3.63, 3.8) is 0 Å². The molecular formula is C11H13N3O2S. The van der Waals surface area contributed by atoms with Crippen molar-refractivity contribution in [1.29, 1.82) is 0 Å². The van der Waals surface area contributed by atoms with Crippen LogP contribution in [0.1, 0.15) is 11.8 Å². The van der Waals surface area contributed by atoms with Gasteiger partial charge >= 0.3 is 5.97 Å². The van der Waals surface area contributed by atoms with Gasteiger partial charge < -0.3 is 10.1 Å². The van der Waals surface area contributed by atoms with Crippen LogP contribution in [0.25, 0.3) is 10.2 Å². The van der Waals surface area contributed by atoms with Crippen LogP contribution in [-0.4, -0.2) is 29.1 Å². The summed E-state index contributed by atoms with van der Waals surface area (Å²) in [6, 6.07) is 2.01. The summed E-state index contributed by atoms with van der Waals surface area (Å²) in [5.41, 5.74) is 0. The molecule has 0 radical (unpaired) electrons. The molecule has 2 aromatic rings. The molecule has 0 aliphatic heterocycles. The smallest absolute Gasteiger partial charge is 0.325 e. The fourth-order valence-electron chi connectivity index (χ4n) is 1.48. The number of hydrogen-bond acceptors (Lipinski definition) is 6. The van der Waals surface area contributed by atoms with E-state index in [9.17, 15) is 4.79 Å². The zero-order valence-electron chi connectivity index (χ0n) is 9.69. The Balaban J connectivity index is 2.15. The van der Waals surface area contributed by atoms with Gasteiger partial charge in [0, 0.05) is 4.88 Å². The van der Waals surface area contributed by atoms with E-state index in [4.69, 9.17) is 4.74 Å². The normalized spacial score (nSPS) is 10.5. The SMILES string of the molecule is CCOC(=O)CNc1ncnc2sc(C)cc12. The van der Waals surface area contributed by atoms with Crippen molar-refractivity contribution in [2.75, 3.05) is 18.5 Å². The van der Waals surface area contributed by atoms with Gasteiger partial charge in [-0.05, 0) is 19.9 Å². The van der Waals surface area contributed by atoms with Crippen LogP contribution in [0.15, 0.2) is 12.4 Å². The molecule has 0 fully saturated rings. The lowest BCUT2D eigenvalue weighted by Gasteiger charge is -2.05. The maximum Gasteiger partial charge on any atom is 0.325 e. The first-order chi connectivity index (χ1) is 8.20. The second-order valence-corrected chi connectivity index (χ2v) is 4.69. The fourth-order valence-corrected chi connectivity index (χ4v) is 2.33. The third-order valence-electron chi connectivity index (χ3n) is 2.16. The van der Waals surface area contributed by atoms with E-state index in [1.807, 2.05) is 13.0 Å². The quantitative estimate of drug-likeness (QED) is 0.842. The third kappa shape index (κ3) is 2.71. The van der Waals surface area contributed by atoms with Gasteiger partial charge in [0.15, 0.2) is 0 Å². The van der Waals surface area contributed by atoms with Crippen LogP contribution >= 0.6 is 11.3 Å². The Labute approximate surface area is 103 Å². The molecular weight excluding hydrogens is 238 g/mol. The Bertz CT molecular complexity index is 538. The van der Waals surface area contributed by atoms with E-state index < -0.39 is 0 Å². The molecule has 0 aliphatic rings. The van der Waals surface area contributed by atoms with E-state index in [-0.39, 0.29) is 12.5 Å². The van der Waals surface area contributed by atoms with Gasteiger partial charge in [-0.3, -0.25) is 4.79 Å². The van der Waals surface area contributed by atoms with Crippen LogP contribution in [0, 0.1) is 6.92 Å². The number of carbonyl (C=O) groups is 1. The summed E-state index contributed by atoms with van der Waals surface area (Å²) in [7, 11) is 0. The minimum atomic E-state index is -0.286. The number of nitrogens with zero attached hydrogens (tertiary/aromatic N) is 2. The van der Waals surface area contributed by atoms with Crippen molar-refractivity contribution < 1.29 is 9.53 Å². The summed E-state index contributed by atoms with van der Waals surface area (Å²) in [5.74, 6) is 0.388. The van der Waals surface area contributed by atoms with E-state index >= 15 is 0 Å². The summed E-state index contributed by atoms with van der Waals surface area (Å²) in [6.07, 6.45) is 1.49. The number of esters is 1. The van der Waals surface area contributed by atoms with Gasteiger partial charge in [-0.2, -0.15) is 0 Å². The topological polar surface area (TPSA) is 64.1 Å². The highest BCUT2D eigenvalue weighted by molar-refractivity contribution is 7.18.